The predicted octanol–water partition coefficient (Wildman–Crippen LogP) is 2.06. The van der Waals surface area contributed by atoms with Crippen molar-refractivity contribution in [2.75, 3.05) is 6.61 Å². The van der Waals surface area contributed by atoms with Gasteiger partial charge in [-0.15, -0.1) is 6.58 Å². The molecule has 0 unspecified atom stereocenters. The van der Waals surface area contributed by atoms with E-state index in [-0.39, 0.29) is 59.5 Å². The topological polar surface area (TPSA) is 43.4 Å². The fraction of sp³-hybridized carbons (Fsp3) is 0.200. The molecule has 1 aromatic rings. The van der Waals surface area contributed by atoms with Gasteiger partial charge < -0.3 is 2.85 Å². The Morgan fingerprint density at radius 3 is 2.33 bits per heavy atom. The first kappa shape index (κ1) is 17.5. The third-order valence-electron chi connectivity index (χ3n) is 1.37. The predicted molar refractivity (Wildman–Crippen MR) is 64.5 cm³/mol. The summed E-state index contributed by atoms with van der Waals surface area (Å²) in [5.41, 5.74) is 0. The van der Waals surface area contributed by atoms with Gasteiger partial charge in [-0.3, -0.25) is 4.18 Å². The molecule has 0 radical (unpaired) electrons. The van der Waals surface area contributed by atoms with Crippen molar-refractivity contribution in [2.45, 2.75) is 12.3 Å². The van der Waals surface area contributed by atoms with Crippen LogP contribution in [-0.4, -0.2) is 52.8 Å². The minimum Gasteiger partial charge on any atom is -1.00 e. The molecule has 0 amide bonds. The first-order chi connectivity index (χ1) is 6.17. The maximum atomic E-state index is 11.3. The molecule has 0 spiro atoms. The molecule has 15 heavy (non-hydrogen) atoms. The molecule has 5 heteroatoms. The van der Waals surface area contributed by atoms with Gasteiger partial charge in [0.2, 0.25) is 0 Å². The Hall–Kier alpha value is 0.130. The van der Waals surface area contributed by atoms with Crippen LogP contribution < -0.4 is 0 Å². The maximum absolute atomic E-state index is 11.3. The summed E-state index contributed by atoms with van der Waals surface area (Å²) in [6, 6.07) is 8.00. The standard InChI is InChI=1S/C9H10O3S.CH4.Ca.2H/c1-2-8-12-13(10,11)9-6-4-3-5-7-9;;;;/h2-7H,1,8H2;1H4;;;/q;;+2;2*-1. The Morgan fingerprint density at radius 2 is 1.87 bits per heavy atom. The summed E-state index contributed by atoms with van der Waals surface area (Å²) in [5.74, 6) is 0. The molecule has 3 nitrogen and oxygen atoms in total. The second-order valence-corrected chi connectivity index (χ2v) is 3.96. The molecule has 0 saturated carbocycles. The fourth-order valence-corrected chi connectivity index (χ4v) is 1.69. The minimum absolute atomic E-state index is 0. The normalized spacial score (nSPS) is 9.60. The molecule has 0 aliphatic carbocycles. The molecule has 0 bridgehead atoms. The summed E-state index contributed by atoms with van der Waals surface area (Å²) in [6.07, 6.45) is 1.39. The van der Waals surface area contributed by atoms with E-state index in [1.165, 1.54) is 18.2 Å². The van der Waals surface area contributed by atoms with E-state index in [0.29, 0.717) is 0 Å². The van der Waals surface area contributed by atoms with E-state index in [9.17, 15) is 8.42 Å². The van der Waals surface area contributed by atoms with Gasteiger partial charge in [-0.05, 0) is 12.1 Å². The van der Waals surface area contributed by atoms with Crippen LogP contribution in [0.25, 0.3) is 0 Å². The van der Waals surface area contributed by atoms with Gasteiger partial charge in [-0.2, -0.15) is 8.42 Å². The van der Waals surface area contributed by atoms with Gasteiger partial charge in [0, 0.05) is 0 Å². The van der Waals surface area contributed by atoms with Crippen LogP contribution in [0.15, 0.2) is 47.9 Å². The summed E-state index contributed by atoms with van der Waals surface area (Å²) >= 11 is 0. The molecule has 0 heterocycles. The van der Waals surface area contributed by atoms with Crippen molar-refractivity contribution < 1.29 is 15.5 Å². The molecule has 82 valence electrons. The monoisotopic (exact) mass is 256 g/mol. The molecule has 1 aromatic carbocycles. The van der Waals surface area contributed by atoms with Crippen LogP contribution in [0, 0.1) is 0 Å². The molecular formula is C10H16CaO3S. The summed E-state index contributed by atoms with van der Waals surface area (Å²) in [6.45, 7) is 3.37. The average molecular weight is 256 g/mol. The Kier molecular flexibility index (Phi) is 9.70. The quantitative estimate of drug-likeness (QED) is 0.470. The van der Waals surface area contributed by atoms with Gasteiger partial charge in [-0.1, -0.05) is 31.7 Å². The zero-order chi connectivity index (χ0) is 9.73. The molecule has 0 aliphatic rings. The van der Waals surface area contributed by atoms with Crippen molar-refractivity contribution in [1.29, 1.82) is 0 Å². The zero-order valence-electron chi connectivity index (χ0n) is 9.72. The van der Waals surface area contributed by atoms with Gasteiger partial charge >= 0.3 is 37.7 Å². The molecule has 0 aliphatic heterocycles. The van der Waals surface area contributed by atoms with Crippen LogP contribution in [0.3, 0.4) is 0 Å². The molecule has 0 atom stereocenters. The van der Waals surface area contributed by atoms with Crippen molar-refractivity contribution in [3.8, 4) is 0 Å². The molecule has 0 saturated heterocycles. The third-order valence-corrected chi connectivity index (χ3v) is 2.67. The average Bonchev–Trinajstić information content (AvgIpc) is 2.16. The van der Waals surface area contributed by atoms with E-state index >= 15 is 0 Å². The van der Waals surface area contributed by atoms with Crippen molar-refractivity contribution >= 4 is 47.9 Å². The van der Waals surface area contributed by atoms with Crippen LogP contribution in [-0.2, 0) is 14.3 Å². The number of hydrogen-bond donors (Lipinski definition) is 0. The summed E-state index contributed by atoms with van der Waals surface area (Å²) in [4.78, 5) is 0.164. The van der Waals surface area contributed by atoms with Gasteiger partial charge in [0.15, 0.2) is 0 Å². The summed E-state index contributed by atoms with van der Waals surface area (Å²) < 4.78 is 27.3. The van der Waals surface area contributed by atoms with Gasteiger partial charge in [0.1, 0.15) is 0 Å². The largest absolute Gasteiger partial charge is 2.00 e. The van der Waals surface area contributed by atoms with Crippen LogP contribution in [0.5, 0.6) is 0 Å². The third kappa shape index (κ3) is 5.68. The molecule has 0 fully saturated rings. The second-order valence-electron chi connectivity index (χ2n) is 2.34. The molecule has 1 rings (SSSR count). The molecule has 0 aromatic heterocycles. The van der Waals surface area contributed by atoms with E-state index in [2.05, 4.69) is 10.8 Å². The smallest absolute Gasteiger partial charge is 1.00 e. The van der Waals surface area contributed by atoms with E-state index < -0.39 is 10.1 Å². The first-order valence-electron chi connectivity index (χ1n) is 3.72. The number of benzene rings is 1. The zero-order valence-corrected chi connectivity index (χ0v) is 10.7. The van der Waals surface area contributed by atoms with Crippen LogP contribution in [0.1, 0.15) is 10.3 Å². The van der Waals surface area contributed by atoms with E-state index in [1.807, 2.05) is 0 Å². The van der Waals surface area contributed by atoms with E-state index in [4.69, 9.17) is 0 Å². The molecule has 0 N–H and O–H groups in total. The minimum atomic E-state index is -3.59. The van der Waals surface area contributed by atoms with Crippen molar-refractivity contribution in [1.82, 2.24) is 0 Å². The summed E-state index contributed by atoms with van der Waals surface area (Å²) in [7, 11) is -3.59. The SMILES string of the molecule is C.C=CCOS(=O)(=O)c1ccccc1.[Ca+2].[H-].[H-]. The first-order valence-corrected chi connectivity index (χ1v) is 5.13. The number of hydrogen-bond acceptors (Lipinski definition) is 3. The summed E-state index contributed by atoms with van der Waals surface area (Å²) in [5, 5.41) is 0. The Bertz CT molecular complexity index is 382. The van der Waals surface area contributed by atoms with E-state index in [0.717, 1.165) is 0 Å². The second kappa shape index (κ2) is 8.30. The Balaban J connectivity index is -0.000000211. The van der Waals surface area contributed by atoms with Gasteiger partial charge in [0.05, 0.1) is 11.5 Å². The van der Waals surface area contributed by atoms with Crippen molar-refractivity contribution in [3.05, 3.63) is 43.0 Å². The van der Waals surface area contributed by atoms with E-state index in [1.54, 1.807) is 18.2 Å². The van der Waals surface area contributed by atoms with Crippen LogP contribution in [0.4, 0.5) is 0 Å². The Labute approximate surface area is 124 Å². The fourth-order valence-electron chi connectivity index (χ4n) is 0.793. The number of rotatable bonds is 4. The van der Waals surface area contributed by atoms with Crippen LogP contribution in [0.2, 0.25) is 0 Å². The van der Waals surface area contributed by atoms with Gasteiger partial charge in [0.25, 0.3) is 10.1 Å². The molecular weight excluding hydrogens is 240 g/mol. The van der Waals surface area contributed by atoms with Crippen molar-refractivity contribution in [2.24, 2.45) is 0 Å². The maximum Gasteiger partial charge on any atom is 2.00 e. The van der Waals surface area contributed by atoms with Gasteiger partial charge in [-0.25, -0.2) is 0 Å². The Morgan fingerprint density at radius 1 is 1.33 bits per heavy atom. The van der Waals surface area contributed by atoms with Crippen molar-refractivity contribution in [3.63, 3.8) is 0 Å². The van der Waals surface area contributed by atoms with Crippen LogP contribution >= 0.6 is 0 Å².